The van der Waals surface area contributed by atoms with Crippen LogP contribution >= 0.6 is 15.9 Å². The first-order valence-electron chi connectivity index (χ1n) is 5.31. The number of carbonyl (C=O) groups is 2. The fourth-order valence-electron chi connectivity index (χ4n) is 1.15. The van der Waals surface area contributed by atoms with E-state index in [-0.39, 0.29) is 6.61 Å². The third-order valence-corrected chi connectivity index (χ3v) is 2.95. The summed E-state index contributed by atoms with van der Waals surface area (Å²) < 4.78 is 5.48. The third kappa shape index (κ3) is 3.78. The number of carbonyl (C=O) groups excluding carboxylic acids is 2. The summed E-state index contributed by atoms with van der Waals surface area (Å²) in [6.45, 7) is 3.67. The number of nitrogens with zero attached hydrogens (tertiary/aromatic N) is 1. The largest absolute Gasteiger partial charge is 0.464 e. The summed E-state index contributed by atoms with van der Waals surface area (Å²) in [6, 6.07) is 0.315. The van der Waals surface area contributed by atoms with E-state index in [0.717, 1.165) is 10.0 Å². The quantitative estimate of drug-likeness (QED) is 0.638. The number of anilines is 1. The maximum absolute atomic E-state index is 11.6. The van der Waals surface area contributed by atoms with Crippen molar-refractivity contribution in [1.82, 2.24) is 4.98 Å². The second-order valence-electron chi connectivity index (χ2n) is 3.54. The molecular weight excluding hydrogens is 302 g/mol. The Kier molecular flexibility index (Phi) is 5.24. The standard InChI is InChI=1S/C11H14BrN3O3/c1-3-18-11(17)9(13)10(16)15-8-4-6(2)7(12)5-14-8/h4-5,9H,3,13H2,1-2H3,(H,14,15,16). The average molecular weight is 316 g/mol. The number of amides is 1. The molecule has 0 saturated heterocycles. The maximum atomic E-state index is 11.6. The van der Waals surface area contributed by atoms with E-state index in [1.54, 1.807) is 19.2 Å². The smallest absolute Gasteiger partial charge is 0.332 e. The van der Waals surface area contributed by atoms with Crippen LogP contribution in [0.4, 0.5) is 5.82 Å². The highest BCUT2D eigenvalue weighted by Crippen LogP contribution is 2.17. The van der Waals surface area contributed by atoms with Gasteiger partial charge in [0.1, 0.15) is 5.82 Å². The second-order valence-corrected chi connectivity index (χ2v) is 4.39. The minimum absolute atomic E-state index is 0.176. The van der Waals surface area contributed by atoms with Crippen LogP contribution in [0.2, 0.25) is 0 Å². The summed E-state index contributed by atoms with van der Waals surface area (Å²) in [6.07, 6.45) is 1.56. The molecule has 0 fully saturated rings. The first-order valence-corrected chi connectivity index (χ1v) is 6.10. The van der Waals surface area contributed by atoms with Crippen molar-refractivity contribution < 1.29 is 14.3 Å². The molecule has 1 amide bonds. The number of rotatable bonds is 4. The van der Waals surface area contributed by atoms with Crippen LogP contribution in [0.25, 0.3) is 0 Å². The Morgan fingerprint density at radius 2 is 2.28 bits per heavy atom. The topological polar surface area (TPSA) is 94.3 Å². The van der Waals surface area contributed by atoms with Crippen LogP contribution in [0.15, 0.2) is 16.7 Å². The van der Waals surface area contributed by atoms with E-state index in [4.69, 9.17) is 5.73 Å². The number of hydrogen-bond donors (Lipinski definition) is 2. The molecule has 18 heavy (non-hydrogen) atoms. The fraction of sp³-hybridized carbons (Fsp3) is 0.364. The van der Waals surface area contributed by atoms with Crippen molar-refractivity contribution in [2.45, 2.75) is 19.9 Å². The molecule has 0 radical (unpaired) electrons. The molecular formula is C11H14BrN3O3. The Morgan fingerprint density at radius 3 is 2.83 bits per heavy atom. The fourth-order valence-corrected chi connectivity index (χ4v) is 1.37. The lowest BCUT2D eigenvalue weighted by Crippen LogP contribution is -2.43. The van der Waals surface area contributed by atoms with Crippen molar-refractivity contribution in [2.24, 2.45) is 5.73 Å². The van der Waals surface area contributed by atoms with Crippen molar-refractivity contribution in [3.63, 3.8) is 0 Å². The Morgan fingerprint density at radius 1 is 1.61 bits per heavy atom. The molecule has 1 rings (SSSR count). The molecule has 0 aliphatic heterocycles. The first kappa shape index (κ1) is 14.6. The number of halogens is 1. The minimum atomic E-state index is -1.35. The Balaban J connectivity index is 2.69. The molecule has 1 aromatic heterocycles. The molecule has 0 aliphatic rings. The van der Waals surface area contributed by atoms with Crippen LogP contribution in [0.3, 0.4) is 0 Å². The summed E-state index contributed by atoms with van der Waals surface area (Å²) in [4.78, 5) is 26.9. The van der Waals surface area contributed by atoms with E-state index < -0.39 is 17.9 Å². The van der Waals surface area contributed by atoms with Gasteiger partial charge in [-0.1, -0.05) is 0 Å². The zero-order valence-corrected chi connectivity index (χ0v) is 11.7. The Hall–Kier alpha value is -1.47. The van der Waals surface area contributed by atoms with Crippen molar-refractivity contribution in [3.05, 3.63) is 22.3 Å². The molecule has 0 aliphatic carbocycles. The van der Waals surface area contributed by atoms with Crippen LogP contribution in [0, 0.1) is 6.92 Å². The lowest BCUT2D eigenvalue weighted by atomic mass is 10.2. The molecule has 1 unspecified atom stereocenters. The number of pyridine rings is 1. The van der Waals surface area contributed by atoms with Gasteiger partial charge in [0.15, 0.2) is 6.04 Å². The SMILES string of the molecule is CCOC(=O)C(N)C(=O)Nc1cc(C)c(Br)cn1. The monoisotopic (exact) mass is 315 g/mol. The van der Waals surface area contributed by atoms with Crippen LogP contribution in [0.5, 0.6) is 0 Å². The lowest BCUT2D eigenvalue weighted by Gasteiger charge is -2.11. The molecule has 0 spiro atoms. The van der Waals surface area contributed by atoms with E-state index in [0.29, 0.717) is 5.82 Å². The minimum Gasteiger partial charge on any atom is -0.464 e. The van der Waals surface area contributed by atoms with Gasteiger partial charge in [-0.15, -0.1) is 0 Å². The highest BCUT2D eigenvalue weighted by atomic mass is 79.9. The lowest BCUT2D eigenvalue weighted by molar-refractivity contribution is -0.146. The van der Waals surface area contributed by atoms with Gasteiger partial charge in [0, 0.05) is 10.7 Å². The van der Waals surface area contributed by atoms with Gasteiger partial charge >= 0.3 is 5.97 Å². The van der Waals surface area contributed by atoms with Crippen molar-refractivity contribution >= 4 is 33.6 Å². The molecule has 0 saturated carbocycles. The van der Waals surface area contributed by atoms with Crippen LogP contribution in [-0.4, -0.2) is 29.5 Å². The van der Waals surface area contributed by atoms with E-state index in [9.17, 15) is 9.59 Å². The summed E-state index contributed by atoms with van der Waals surface area (Å²) in [5.74, 6) is -1.08. The van der Waals surface area contributed by atoms with Gasteiger partial charge in [0.2, 0.25) is 0 Å². The second kappa shape index (κ2) is 6.46. The van der Waals surface area contributed by atoms with Gasteiger partial charge in [0.05, 0.1) is 6.61 Å². The third-order valence-electron chi connectivity index (χ3n) is 2.12. The summed E-state index contributed by atoms with van der Waals surface area (Å²) >= 11 is 3.29. The highest BCUT2D eigenvalue weighted by molar-refractivity contribution is 9.10. The number of aryl methyl sites for hydroxylation is 1. The number of nitrogens with two attached hydrogens (primary N) is 1. The summed E-state index contributed by atoms with van der Waals surface area (Å²) in [7, 11) is 0. The van der Waals surface area contributed by atoms with Gasteiger partial charge in [-0.25, -0.2) is 9.78 Å². The number of nitrogens with one attached hydrogen (secondary N) is 1. The zero-order chi connectivity index (χ0) is 13.7. The van der Waals surface area contributed by atoms with Gasteiger partial charge in [0.25, 0.3) is 5.91 Å². The molecule has 0 aromatic carbocycles. The molecule has 1 atom stereocenters. The van der Waals surface area contributed by atoms with Crippen LogP contribution in [0.1, 0.15) is 12.5 Å². The summed E-state index contributed by atoms with van der Waals surface area (Å²) in [5, 5.41) is 2.45. The van der Waals surface area contributed by atoms with Crippen LogP contribution in [-0.2, 0) is 14.3 Å². The number of hydrogen-bond acceptors (Lipinski definition) is 5. The van der Waals surface area contributed by atoms with Gasteiger partial charge in [-0.05, 0) is 41.4 Å². The Bertz CT molecular complexity index is 465. The Labute approximate surface area is 113 Å². The molecule has 1 heterocycles. The first-order chi connectivity index (χ1) is 8.45. The molecule has 3 N–H and O–H groups in total. The van der Waals surface area contributed by atoms with Gasteiger partial charge < -0.3 is 15.8 Å². The normalized spacial score (nSPS) is 11.8. The predicted octanol–water partition coefficient (Wildman–Crippen LogP) is 0.981. The van der Waals surface area contributed by atoms with Gasteiger partial charge in [-0.2, -0.15) is 0 Å². The molecule has 7 heteroatoms. The maximum Gasteiger partial charge on any atom is 0.332 e. The molecule has 0 bridgehead atoms. The number of esters is 1. The van der Waals surface area contributed by atoms with Gasteiger partial charge in [-0.3, -0.25) is 4.79 Å². The van der Waals surface area contributed by atoms with Crippen molar-refractivity contribution in [1.29, 1.82) is 0 Å². The number of ether oxygens (including phenoxy) is 1. The molecule has 6 nitrogen and oxygen atoms in total. The van der Waals surface area contributed by atoms with E-state index in [1.165, 1.54) is 0 Å². The van der Waals surface area contributed by atoms with Crippen LogP contribution < -0.4 is 11.1 Å². The number of aromatic nitrogens is 1. The van der Waals surface area contributed by atoms with E-state index >= 15 is 0 Å². The molecule has 98 valence electrons. The van der Waals surface area contributed by atoms with E-state index in [1.807, 2.05) is 6.92 Å². The van der Waals surface area contributed by atoms with Crippen molar-refractivity contribution in [3.8, 4) is 0 Å². The molecule has 1 aromatic rings. The predicted molar refractivity (Wildman–Crippen MR) is 69.9 cm³/mol. The highest BCUT2D eigenvalue weighted by Gasteiger charge is 2.23. The zero-order valence-electron chi connectivity index (χ0n) is 10.1. The average Bonchev–Trinajstić information content (AvgIpc) is 2.33. The van der Waals surface area contributed by atoms with E-state index in [2.05, 4.69) is 31.0 Å². The summed E-state index contributed by atoms with van der Waals surface area (Å²) in [5.41, 5.74) is 6.35. The van der Waals surface area contributed by atoms with Crippen molar-refractivity contribution in [2.75, 3.05) is 11.9 Å².